The average Bonchev–Trinajstić information content (AvgIpc) is 3.39. The Morgan fingerprint density at radius 3 is 2.73 bits per heavy atom. The standard InChI is InChI=1S/C22H22FN5O2/c23-17-7-2-4-9-19(17)28-14-16(12-25-28)22(30)26-18-8-3-1-6-15(18)13-27-11-5-10-20(27)21(24)29/h1-4,6-9,12,14,20H,5,10-11,13H2,(H2,24,29)(H,26,30). The Morgan fingerprint density at radius 2 is 1.93 bits per heavy atom. The van der Waals surface area contributed by atoms with Crippen molar-refractivity contribution in [3.05, 3.63) is 77.9 Å². The van der Waals surface area contributed by atoms with Gasteiger partial charge in [-0.25, -0.2) is 9.07 Å². The van der Waals surface area contributed by atoms with E-state index in [1.165, 1.54) is 23.1 Å². The second-order valence-corrected chi connectivity index (χ2v) is 7.27. The Kier molecular flexibility index (Phi) is 5.58. The maximum atomic E-state index is 14.0. The molecule has 3 N–H and O–H groups in total. The van der Waals surface area contributed by atoms with E-state index in [4.69, 9.17) is 5.73 Å². The number of benzene rings is 2. The molecule has 3 aromatic rings. The first-order chi connectivity index (χ1) is 14.5. The number of nitrogens with zero attached hydrogens (tertiary/aromatic N) is 3. The van der Waals surface area contributed by atoms with Gasteiger partial charge in [-0.05, 0) is 43.1 Å². The molecular formula is C22H22FN5O2. The van der Waals surface area contributed by atoms with Crippen LogP contribution in [-0.2, 0) is 11.3 Å². The van der Waals surface area contributed by atoms with Crippen LogP contribution in [-0.4, -0.2) is 39.1 Å². The quantitative estimate of drug-likeness (QED) is 0.657. The van der Waals surface area contributed by atoms with Gasteiger partial charge in [-0.1, -0.05) is 30.3 Å². The van der Waals surface area contributed by atoms with Crippen LogP contribution >= 0.6 is 0 Å². The lowest BCUT2D eigenvalue weighted by molar-refractivity contribution is -0.122. The molecule has 4 rings (SSSR count). The van der Waals surface area contributed by atoms with Crippen molar-refractivity contribution in [2.24, 2.45) is 5.73 Å². The molecule has 0 aliphatic carbocycles. The highest BCUT2D eigenvalue weighted by Crippen LogP contribution is 2.24. The summed E-state index contributed by atoms with van der Waals surface area (Å²) in [5.74, 6) is -1.10. The molecular weight excluding hydrogens is 385 g/mol. The number of carbonyl (C=O) groups is 2. The van der Waals surface area contributed by atoms with Gasteiger partial charge in [0.25, 0.3) is 5.91 Å². The van der Waals surface area contributed by atoms with E-state index in [2.05, 4.69) is 10.4 Å². The van der Waals surface area contributed by atoms with Gasteiger partial charge in [-0.15, -0.1) is 0 Å². The number of amides is 2. The number of halogens is 1. The normalized spacial score (nSPS) is 16.5. The Morgan fingerprint density at radius 1 is 1.17 bits per heavy atom. The molecule has 0 radical (unpaired) electrons. The highest BCUT2D eigenvalue weighted by molar-refractivity contribution is 6.04. The van der Waals surface area contributed by atoms with E-state index in [-0.39, 0.29) is 23.5 Å². The number of rotatable bonds is 6. The SMILES string of the molecule is NC(=O)C1CCCN1Cc1ccccc1NC(=O)c1cnn(-c2ccccc2F)c1. The molecule has 1 aliphatic heterocycles. The van der Waals surface area contributed by atoms with Gasteiger partial charge in [0.05, 0.1) is 17.8 Å². The summed E-state index contributed by atoms with van der Waals surface area (Å²) in [6.07, 6.45) is 4.55. The minimum Gasteiger partial charge on any atom is -0.368 e. The van der Waals surface area contributed by atoms with Crippen molar-refractivity contribution in [2.45, 2.75) is 25.4 Å². The number of likely N-dealkylation sites (tertiary alicyclic amines) is 1. The lowest BCUT2D eigenvalue weighted by atomic mass is 10.1. The van der Waals surface area contributed by atoms with E-state index in [9.17, 15) is 14.0 Å². The molecule has 30 heavy (non-hydrogen) atoms. The van der Waals surface area contributed by atoms with E-state index in [1.807, 2.05) is 29.2 Å². The number of nitrogens with one attached hydrogen (secondary N) is 1. The molecule has 1 aromatic heterocycles. The van der Waals surface area contributed by atoms with Gasteiger partial charge in [0, 0.05) is 18.4 Å². The first-order valence-corrected chi connectivity index (χ1v) is 9.75. The van der Waals surface area contributed by atoms with Crippen molar-refractivity contribution in [3.63, 3.8) is 0 Å². The van der Waals surface area contributed by atoms with Gasteiger partial charge in [0.15, 0.2) is 0 Å². The maximum absolute atomic E-state index is 14.0. The van der Waals surface area contributed by atoms with Crippen LogP contribution in [0.1, 0.15) is 28.8 Å². The molecule has 2 aromatic carbocycles. The first kappa shape index (κ1) is 19.8. The van der Waals surface area contributed by atoms with Crippen LogP contribution < -0.4 is 11.1 Å². The summed E-state index contributed by atoms with van der Waals surface area (Å²) in [4.78, 5) is 26.5. The van der Waals surface area contributed by atoms with Crippen molar-refractivity contribution >= 4 is 17.5 Å². The maximum Gasteiger partial charge on any atom is 0.258 e. The molecule has 1 saturated heterocycles. The summed E-state index contributed by atoms with van der Waals surface area (Å²) in [7, 11) is 0. The van der Waals surface area contributed by atoms with Crippen LogP contribution in [0.3, 0.4) is 0 Å². The predicted octanol–water partition coefficient (Wildman–Crippen LogP) is 2.71. The molecule has 1 fully saturated rings. The van der Waals surface area contributed by atoms with Gasteiger partial charge in [-0.3, -0.25) is 14.5 Å². The average molecular weight is 407 g/mol. The van der Waals surface area contributed by atoms with Crippen LogP contribution in [0, 0.1) is 5.82 Å². The Bertz CT molecular complexity index is 1080. The number of nitrogens with two attached hydrogens (primary N) is 1. The highest BCUT2D eigenvalue weighted by Gasteiger charge is 2.29. The van der Waals surface area contributed by atoms with Gasteiger partial charge >= 0.3 is 0 Å². The summed E-state index contributed by atoms with van der Waals surface area (Å²) >= 11 is 0. The van der Waals surface area contributed by atoms with Crippen LogP contribution in [0.25, 0.3) is 5.69 Å². The van der Waals surface area contributed by atoms with Crippen molar-refractivity contribution in [1.29, 1.82) is 0 Å². The molecule has 1 atom stereocenters. The largest absolute Gasteiger partial charge is 0.368 e. The molecule has 7 nitrogen and oxygen atoms in total. The third-order valence-corrected chi connectivity index (χ3v) is 5.28. The number of primary amides is 1. The first-order valence-electron chi connectivity index (χ1n) is 9.75. The zero-order valence-electron chi connectivity index (χ0n) is 16.3. The molecule has 1 aliphatic rings. The predicted molar refractivity (Wildman–Crippen MR) is 111 cm³/mol. The minimum absolute atomic E-state index is 0.267. The van der Waals surface area contributed by atoms with Crippen molar-refractivity contribution in [1.82, 2.24) is 14.7 Å². The molecule has 1 unspecified atom stereocenters. The fraction of sp³-hybridized carbons (Fsp3) is 0.227. The topological polar surface area (TPSA) is 93.2 Å². The molecule has 8 heteroatoms. The Hall–Kier alpha value is -3.52. The molecule has 0 bridgehead atoms. The van der Waals surface area contributed by atoms with Crippen LogP contribution in [0.5, 0.6) is 0 Å². The van der Waals surface area contributed by atoms with Gasteiger partial charge in [0.2, 0.25) is 5.91 Å². The third kappa shape index (κ3) is 4.08. The Balaban J connectivity index is 1.51. The monoisotopic (exact) mass is 407 g/mol. The van der Waals surface area contributed by atoms with Gasteiger partial charge < -0.3 is 11.1 Å². The van der Waals surface area contributed by atoms with Crippen molar-refractivity contribution in [2.75, 3.05) is 11.9 Å². The molecule has 0 spiro atoms. The van der Waals surface area contributed by atoms with E-state index in [1.54, 1.807) is 18.2 Å². The van der Waals surface area contributed by atoms with E-state index < -0.39 is 5.82 Å². The van der Waals surface area contributed by atoms with E-state index in [0.29, 0.717) is 17.8 Å². The zero-order chi connectivity index (χ0) is 21.1. The highest BCUT2D eigenvalue weighted by atomic mass is 19.1. The summed E-state index contributed by atoms with van der Waals surface area (Å²) < 4.78 is 15.3. The number of para-hydroxylation sites is 2. The zero-order valence-corrected chi connectivity index (χ0v) is 16.3. The van der Waals surface area contributed by atoms with Crippen molar-refractivity contribution < 1.29 is 14.0 Å². The second-order valence-electron chi connectivity index (χ2n) is 7.27. The van der Waals surface area contributed by atoms with Gasteiger partial charge in [0.1, 0.15) is 11.5 Å². The second kappa shape index (κ2) is 8.46. The summed E-state index contributed by atoms with van der Waals surface area (Å²) in [6.45, 7) is 1.30. The molecule has 2 heterocycles. The number of hydrogen-bond donors (Lipinski definition) is 2. The fourth-order valence-electron chi connectivity index (χ4n) is 3.74. The molecule has 154 valence electrons. The lowest BCUT2D eigenvalue weighted by Crippen LogP contribution is -2.39. The van der Waals surface area contributed by atoms with Crippen molar-refractivity contribution in [3.8, 4) is 5.69 Å². The van der Waals surface area contributed by atoms with Gasteiger partial charge in [-0.2, -0.15) is 5.10 Å². The number of hydrogen-bond acceptors (Lipinski definition) is 4. The van der Waals surface area contributed by atoms with Crippen LogP contribution in [0.15, 0.2) is 60.9 Å². The number of anilines is 1. The Labute approximate surface area is 173 Å². The molecule has 2 amide bonds. The number of aromatic nitrogens is 2. The smallest absolute Gasteiger partial charge is 0.258 e. The van der Waals surface area contributed by atoms with E-state index in [0.717, 1.165) is 24.9 Å². The van der Waals surface area contributed by atoms with E-state index >= 15 is 0 Å². The summed E-state index contributed by atoms with van der Waals surface area (Å²) in [5.41, 5.74) is 7.63. The van der Waals surface area contributed by atoms with Crippen LogP contribution in [0.4, 0.5) is 10.1 Å². The fourth-order valence-corrected chi connectivity index (χ4v) is 3.74. The van der Waals surface area contributed by atoms with Crippen LogP contribution in [0.2, 0.25) is 0 Å². The minimum atomic E-state index is -0.424. The summed E-state index contributed by atoms with van der Waals surface area (Å²) in [6, 6.07) is 13.4. The molecule has 0 saturated carbocycles. The lowest BCUT2D eigenvalue weighted by Gasteiger charge is -2.23. The summed E-state index contributed by atoms with van der Waals surface area (Å²) in [5, 5.41) is 7.00. The third-order valence-electron chi connectivity index (χ3n) is 5.28. The number of carbonyl (C=O) groups excluding carboxylic acids is 2.